The van der Waals surface area contributed by atoms with Crippen molar-refractivity contribution in [2.24, 2.45) is 17.8 Å². The Bertz CT molecular complexity index is 509. The van der Waals surface area contributed by atoms with Crippen LogP contribution in [0, 0.1) is 17.8 Å². The van der Waals surface area contributed by atoms with Crippen molar-refractivity contribution >= 4 is 27.5 Å². The fourth-order valence-corrected chi connectivity index (χ4v) is 5.38. The Morgan fingerprint density at radius 3 is 2.42 bits per heavy atom. The first kappa shape index (κ1) is 12.3. The third-order valence-electron chi connectivity index (χ3n) is 4.77. The van der Waals surface area contributed by atoms with Crippen molar-refractivity contribution in [3.8, 4) is 11.5 Å². The molecule has 0 N–H and O–H groups in total. The van der Waals surface area contributed by atoms with Crippen molar-refractivity contribution < 1.29 is 9.47 Å². The van der Waals surface area contributed by atoms with Crippen LogP contribution in [0.3, 0.4) is 0 Å². The van der Waals surface area contributed by atoms with E-state index in [0.29, 0.717) is 18.0 Å². The maximum absolute atomic E-state index is 6.42. The molecule has 0 bridgehead atoms. The van der Waals surface area contributed by atoms with Crippen LogP contribution in [0.2, 0.25) is 5.02 Å². The average molecular weight is 344 g/mol. The van der Waals surface area contributed by atoms with Gasteiger partial charge in [-0.05, 0) is 42.2 Å². The van der Waals surface area contributed by atoms with Gasteiger partial charge in [-0.1, -0.05) is 34.0 Å². The van der Waals surface area contributed by atoms with Gasteiger partial charge >= 0.3 is 0 Å². The Balaban J connectivity index is 1.63. The molecule has 19 heavy (non-hydrogen) atoms. The summed E-state index contributed by atoms with van der Waals surface area (Å²) in [4.78, 5) is 0.353. The molecule has 0 aromatic heterocycles. The van der Waals surface area contributed by atoms with Crippen molar-refractivity contribution in [2.45, 2.75) is 24.1 Å². The molecular formula is C15H16BrClO2. The normalized spacial score (nSPS) is 32.8. The summed E-state index contributed by atoms with van der Waals surface area (Å²) >= 11 is 10.3. The number of hydrogen-bond acceptors (Lipinski definition) is 2. The van der Waals surface area contributed by atoms with Crippen LogP contribution in [0.5, 0.6) is 11.5 Å². The van der Waals surface area contributed by atoms with Crippen molar-refractivity contribution in [3.63, 3.8) is 0 Å². The monoisotopic (exact) mass is 342 g/mol. The summed E-state index contributed by atoms with van der Waals surface area (Å²) in [7, 11) is 0. The zero-order chi connectivity index (χ0) is 13.0. The molecule has 1 heterocycles. The summed E-state index contributed by atoms with van der Waals surface area (Å²) in [5, 5.41) is 0.788. The molecule has 2 nitrogen and oxygen atoms in total. The van der Waals surface area contributed by atoms with Gasteiger partial charge in [-0.15, -0.1) is 0 Å². The highest BCUT2D eigenvalue weighted by molar-refractivity contribution is 9.09. The first-order chi connectivity index (χ1) is 9.25. The van der Waals surface area contributed by atoms with Crippen molar-refractivity contribution in [1.29, 1.82) is 0 Å². The third kappa shape index (κ3) is 1.97. The predicted molar refractivity (Wildman–Crippen MR) is 78.4 cm³/mol. The fraction of sp³-hybridized carbons (Fsp3) is 0.600. The molecule has 3 atom stereocenters. The summed E-state index contributed by atoms with van der Waals surface area (Å²) in [6, 6.07) is 3.96. The molecular weight excluding hydrogens is 328 g/mol. The molecule has 4 heteroatoms. The summed E-state index contributed by atoms with van der Waals surface area (Å²) < 4.78 is 11.2. The fourth-order valence-electron chi connectivity index (χ4n) is 3.81. The summed E-state index contributed by atoms with van der Waals surface area (Å²) in [6.07, 6.45) is 4.18. The number of hydrogen-bond donors (Lipinski definition) is 0. The SMILES string of the molecule is Clc1cc2c(cc1C(Br)C1C3CCCC31)OCCO2. The van der Waals surface area contributed by atoms with Crippen molar-refractivity contribution in [2.75, 3.05) is 13.2 Å². The Kier molecular flexibility index (Phi) is 2.96. The minimum atomic E-state index is 0.353. The first-order valence-corrected chi connectivity index (χ1v) is 8.28. The largest absolute Gasteiger partial charge is 0.486 e. The number of ether oxygens (including phenoxy) is 2. The summed E-state index contributed by atoms with van der Waals surface area (Å²) in [5.74, 6) is 4.19. The van der Waals surface area contributed by atoms with Crippen molar-refractivity contribution in [3.05, 3.63) is 22.7 Å². The van der Waals surface area contributed by atoms with Gasteiger partial charge in [0.25, 0.3) is 0 Å². The molecule has 2 saturated carbocycles. The Morgan fingerprint density at radius 2 is 1.74 bits per heavy atom. The highest BCUT2D eigenvalue weighted by Crippen LogP contribution is 2.65. The molecule has 1 aromatic carbocycles. The smallest absolute Gasteiger partial charge is 0.162 e. The van der Waals surface area contributed by atoms with Gasteiger partial charge in [-0.25, -0.2) is 0 Å². The highest BCUT2D eigenvalue weighted by atomic mass is 79.9. The van der Waals surface area contributed by atoms with Crippen LogP contribution in [-0.2, 0) is 0 Å². The van der Waals surface area contributed by atoms with Crippen LogP contribution in [0.25, 0.3) is 0 Å². The number of fused-ring (bicyclic) bond motifs is 2. The van der Waals surface area contributed by atoms with E-state index in [2.05, 4.69) is 22.0 Å². The second kappa shape index (κ2) is 4.56. The van der Waals surface area contributed by atoms with E-state index in [1.54, 1.807) is 0 Å². The standard InChI is InChI=1S/C15H16BrClO2/c16-15(14-8-2-1-3-9(8)14)10-6-12-13(7-11(10)17)19-5-4-18-12/h6-9,14-15H,1-5H2. The van der Waals surface area contributed by atoms with E-state index < -0.39 is 0 Å². The van der Waals surface area contributed by atoms with Gasteiger partial charge in [0.1, 0.15) is 13.2 Å². The highest BCUT2D eigenvalue weighted by Gasteiger charge is 2.55. The van der Waals surface area contributed by atoms with E-state index in [-0.39, 0.29) is 0 Å². The molecule has 4 rings (SSSR count). The Labute approximate surface area is 126 Å². The maximum Gasteiger partial charge on any atom is 0.162 e. The minimum absolute atomic E-state index is 0.353. The Hall–Kier alpha value is -0.410. The lowest BCUT2D eigenvalue weighted by Crippen LogP contribution is -2.15. The zero-order valence-electron chi connectivity index (χ0n) is 10.6. The Morgan fingerprint density at radius 1 is 1.11 bits per heavy atom. The van der Waals surface area contributed by atoms with Crippen LogP contribution in [0.15, 0.2) is 12.1 Å². The average Bonchev–Trinajstić information content (AvgIpc) is 2.90. The molecule has 2 aliphatic carbocycles. The van der Waals surface area contributed by atoms with Gasteiger partial charge in [0, 0.05) is 15.9 Å². The van der Waals surface area contributed by atoms with Gasteiger partial charge in [-0.2, -0.15) is 0 Å². The third-order valence-corrected chi connectivity index (χ3v) is 6.20. The van der Waals surface area contributed by atoms with E-state index in [0.717, 1.165) is 39.8 Å². The van der Waals surface area contributed by atoms with Gasteiger partial charge in [0.05, 0.1) is 0 Å². The maximum atomic E-state index is 6.42. The van der Waals surface area contributed by atoms with E-state index in [9.17, 15) is 0 Å². The summed E-state index contributed by atoms with van der Waals surface area (Å²) in [6.45, 7) is 1.23. The van der Waals surface area contributed by atoms with E-state index in [4.69, 9.17) is 21.1 Å². The van der Waals surface area contributed by atoms with Crippen LogP contribution in [0.4, 0.5) is 0 Å². The zero-order valence-corrected chi connectivity index (χ0v) is 12.9. The second-order valence-electron chi connectivity index (χ2n) is 5.76. The lowest BCUT2D eigenvalue weighted by Gasteiger charge is -2.22. The van der Waals surface area contributed by atoms with Gasteiger partial charge in [-0.3, -0.25) is 0 Å². The molecule has 2 fully saturated rings. The number of halogens is 2. The number of benzene rings is 1. The van der Waals surface area contributed by atoms with E-state index >= 15 is 0 Å². The minimum Gasteiger partial charge on any atom is -0.486 e. The molecule has 0 saturated heterocycles. The lowest BCUT2D eigenvalue weighted by atomic mass is 10.0. The van der Waals surface area contributed by atoms with Gasteiger partial charge < -0.3 is 9.47 Å². The number of rotatable bonds is 2. The van der Waals surface area contributed by atoms with E-state index in [1.807, 2.05) is 6.07 Å². The van der Waals surface area contributed by atoms with Crippen molar-refractivity contribution in [1.82, 2.24) is 0 Å². The predicted octanol–water partition coefficient (Wildman–Crippen LogP) is 4.59. The number of alkyl halides is 1. The van der Waals surface area contributed by atoms with Crippen LogP contribution >= 0.6 is 27.5 Å². The summed E-state index contributed by atoms with van der Waals surface area (Å²) in [5.41, 5.74) is 1.16. The molecule has 0 amide bonds. The molecule has 0 radical (unpaired) electrons. The molecule has 1 aromatic rings. The molecule has 1 aliphatic heterocycles. The second-order valence-corrected chi connectivity index (χ2v) is 7.15. The molecule has 3 unspecified atom stereocenters. The molecule has 102 valence electrons. The topological polar surface area (TPSA) is 18.5 Å². The van der Waals surface area contributed by atoms with Crippen LogP contribution in [-0.4, -0.2) is 13.2 Å². The first-order valence-electron chi connectivity index (χ1n) is 6.99. The van der Waals surface area contributed by atoms with Gasteiger partial charge in [0.2, 0.25) is 0 Å². The van der Waals surface area contributed by atoms with Crippen LogP contribution < -0.4 is 9.47 Å². The van der Waals surface area contributed by atoms with E-state index in [1.165, 1.54) is 19.3 Å². The molecule has 3 aliphatic rings. The van der Waals surface area contributed by atoms with Gasteiger partial charge in [0.15, 0.2) is 11.5 Å². The van der Waals surface area contributed by atoms with Crippen LogP contribution in [0.1, 0.15) is 29.7 Å². The lowest BCUT2D eigenvalue weighted by molar-refractivity contribution is 0.171. The quantitative estimate of drug-likeness (QED) is 0.731. The molecule has 0 spiro atoms.